The monoisotopic (exact) mass is 477 g/mol. The van der Waals surface area contributed by atoms with Gasteiger partial charge in [0.05, 0.1) is 5.56 Å². The third-order valence-electron chi connectivity index (χ3n) is 5.15. The molecule has 2 aromatic carbocycles. The van der Waals surface area contributed by atoms with E-state index in [2.05, 4.69) is 5.32 Å². The molecular formula is C22H24ClN3O5S. The summed E-state index contributed by atoms with van der Waals surface area (Å²) in [6, 6.07) is 11.7. The third kappa shape index (κ3) is 4.78. The molecule has 0 spiro atoms. The summed E-state index contributed by atoms with van der Waals surface area (Å²) in [5.41, 5.74) is 0.690. The van der Waals surface area contributed by atoms with Crippen molar-refractivity contribution in [1.82, 2.24) is 14.5 Å². The highest BCUT2D eigenvalue weighted by molar-refractivity contribution is 7.90. The highest BCUT2D eigenvalue weighted by Crippen LogP contribution is 2.30. The lowest BCUT2D eigenvalue weighted by molar-refractivity contribution is -0.140. The lowest BCUT2D eigenvalue weighted by Gasteiger charge is -2.30. The topological polar surface area (TPSA) is 104 Å². The van der Waals surface area contributed by atoms with Crippen LogP contribution in [-0.2, 0) is 26.2 Å². The van der Waals surface area contributed by atoms with Crippen LogP contribution in [0.4, 0.5) is 0 Å². The van der Waals surface area contributed by atoms with Gasteiger partial charge in [-0.15, -0.1) is 0 Å². The van der Waals surface area contributed by atoms with Crippen LogP contribution < -0.4 is 5.32 Å². The summed E-state index contributed by atoms with van der Waals surface area (Å²) in [5.74, 6) is -1.81. The number of sulfonamides is 1. The number of nitrogens with one attached hydrogen (secondary N) is 1. The highest BCUT2D eigenvalue weighted by atomic mass is 35.5. The number of nitrogens with zero attached hydrogens (tertiary/aromatic N) is 2. The number of benzene rings is 2. The largest absolute Gasteiger partial charge is 0.354 e. The van der Waals surface area contributed by atoms with Crippen molar-refractivity contribution >= 4 is 39.3 Å². The first-order chi connectivity index (χ1) is 15.2. The first-order valence-corrected chi connectivity index (χ1v) is 12.0. The van der Waals surface area contributed by atoms with Gasteiger partial charge in [0, 0.05) is 18.1 Å². The molecule has 1 atom stereocenters. The second kappa shape index (κ2) is 9.70. The fourth-order valence-corrected chi connectivity index (χ4v) is 5.14. The maximum atomic E-state index is 13.2. The molecule has 0 unspecified atom stereocenters. The Labute approximate surface area is 192 Å². The van der Waals surface area contributed by atoms with E-state index in [0.717, 1.165) is 6.42 Å². The van der Waals surface area contributed by atoms with Crippen LogP contribution in [0.25, 0.3) is 0 Å². The molecule has 10 heteroatoms. The molecule has 0 aliphatic carbocycles. The Bertz CT molecular complexity index is 1150. The van der Waals surface area contributed by atoms with Gasteiger partial charge in [0.15, 0.2) is 0 Å². The van der Waals surface area contributed by atoms with Crippen molar-refractivity contribution in [3.63, 3.8) is 0 Å². The summed E-state index contributed by atoms with van der Waals surface area (Å²) >= 11 is 6.05. The molecule has 8 nitrogen and oxygen atoms in total. The van der Waals surface area contributed by atoms with E-state index < -0.39 is 34.4 Å². The Morgan fingerprint density at radius 3 is 2.53 bits per heavy atom. The van der Waals surface area contributed by atoms with Crippen molar-refractivity contribution in [3.8, 4) is 0 Å². The van der Waals surface area contributed by atoms with Gasteiger partial charge in [0.2, 0.25) is 11.8 Å². The Kier molecular flexibility index (Phi) is 7.20. The fraction of sp³-hybridized carbons (Fsp3) is 0.318. The zero-order chi connectivity index (χ0) is 23.5. The van der Waals surface area contributed by atoms with Crippen molar-refractivity contribution < 1.29 is 22.8 Å². The lowest BCUT2D eigenvalue weighted by atomic mass is 10.1. The van der Waals surface area contributed by atoms with Crippen LogP contribution in [0.5, 0.6) is 0 Å². The number of amides is 3. The quantitative estimate of drug-likeness (QED) is 0.628. The van der Waals surface area contributed by atoms with Crippen LogP contribution in [-0.4, -0.2) is 54.5 Å². The number of carbonyl (C=O) groups excluding carboxylic acids is 3. The number of carbonyl (C=O) groups is 3. The van der Waals surface area contributed by atoms with E-state index in [1.165, 1.54) is 23.1 Å². The first kappa shape index (κ1) is 23.7. The summed E-state index contributed by atoms with van der Waals surface area (Å²) in [6.45, 7) is 3.22. The minimum atomic E-state index is -4.15. The minimum Gasteiger partial charge on any atom is -0.354 e. The van der Waals surface area contributed by atoms with Crippen LogP contribution in [0, 0.1) is 0 Å². The molecule has 0 radical (unpaired) electrons. The van der Waals surface area contributed by atoms with Crippen molar-refractivity contribution in [2.75, 3.05) is 13.1 Å². The molecule has 0 saturated heterocycles. The second-order valence-electron chi connectivity index (χ2n) is 7.43. The fourth-order valence-electron chi connectivity index (χ4n) is 3.41. The molecule has 3 amide bonds. The van der Waals surface area contributed by atoms with Crippen LogP contribution in [0.1, 0.15) is 36.2 Å². The molecule has 1 aliphatic rings. The van der Waals surface area contributed by atoms with E-state index >= 15 is 0 Å². The first-order valence-electron chi connectivity index (χ1n) is 10.1. The maximum Gasteiger partial charge on any atom is 0.269 e. The van der Waals surface area contributed by atoms with Gasteiger partial charge < -0.3 is 10.2 Å². The Balaban J connectivity index is 1.88. The van der Waals surface area contributed by atoms with Gasteiger partial charge in [-0.2, -0.15) is 0 Å². The smallest absolute Gasteiger partial charge is 0.269 e. The van der Waals surface area contributed by atoms with Crippen molar-refractivity contribution in [2.45, 2.75) is 37.8 Å². The van der Waals surface area contributed by atoms with Crippen LogP contribution >= 0.6 is 11.6 Å². The molecule has 1 aliphatic heterocycles. The van der Waals surface area contributed by atoms with E-state index in [0.29, 0.717) is 21.4 Å². The number of fused-ring (bicyclic) bond motifs is 1. The molecule has 0 fully saturated rings. The normalized spacial score (nSPS) is 15.2. The van der Waals surface area contributed by atoms with Crippen LogP contribution in [0.15, 0.2) is 53.4 Å². The molecule has 3 rings (SSSR count). The summed E-state index contributed by atoms with van der Waals surface area (Å²) in [5, 5.41) is 3.20. The summed E-state index contributed by atoms with van der Waals surface area (Å²) < 4.78 is 26.2. The van der Waals surface area contributed by atoms with E-state index in [1.807, 2.05) is 6.92 Å². The van der Waals surface area contributed by atoms with Gasteiger partial charge >= 0.3 is 0 Å². The Morgan fingerprint density at radius 1 is 1.16 bits per heavy atom. The second-order valence-corrected chi connectivity index (χ2v) is 9.70. The predicted molar refractivity (Wildman–Crippen MR) is 119 cm³/mol. The summed E-state index contributed by atoms with van der Waals surface area (Å²) in [4.78, 5) is 39.6. The SMILES string of the molecule is CCCNC(=O)[C@@H](C)N(Cc1cccc(Cl)c1)C(=O)CN1C(=O)c2ccccc2S1(=O)=O. The lowest BCUT2D eigenvalue weighted by Crippen LogP contribution is -2.51. The molecule has 170 valence electrons. The van der Waals surface area contributed by atoms with Crippen LogP contribution in [0.2, 0.25) is 5.02 Å². The average Bonchev–Trinajstić information content (AvgIpc) is 2.96. The maximum absolute atomic E-state index is 13.2. The molecule has 0 bridgehead atoms. The van der Waals surface area contributed by atoms with Crippen molar-refractivity contribution in [3.05, 3.63) is 64.7 Å². The van der Waals surface area contributed by atoms with E-state index in [4.69, 9.17) is 11.6 Å². The van der Waals surface area contributed by atoms with Crippen molar-refractivity contribution in [2.24, 2.45) is 0 Å². The van der Waals surface area contributed by atoms with E-state index in [-0.39, 0.29) is 22.9 Å². The molecule has 1 N–H and O–H groups in total. The Morgan fingerprint density at radius 2 is 1.88 bits per heavy atom. The molecule has 1 heterocycles. The number of hydrogen-bond donors (Lipinski definition) is 1. The Hall–Kier alpha value is -2.91. The van der Waals surface area contributed by atoms with Gasteiger partial charge in [-0.05, 0) is 43.2 Å². The highest BCUT2D eigenvalue weighted by Gasteiger charge is 2.43. The van der Waals surface area contributed by atoms with Crippen molar-refractivity contribution in [1.29, 1.82) is 0 Å². The average molecular weight is 478 g/mol. The van der Waals surface area contributed by atoms with E-state index in [1.54, 1.807) is 37.3 Å². The zero-order valence-corrected chi connectivity index (χ0v) is 19.3. The van der Waals surface area contributed by atoms with Gasteiger partial charge in [-0.1, -0.05) is 42.8 Å². The predicted octanol–water partition coefficient (Wildman–Crippen LogP) is 2.43. The standard InChI is InChI=1S/C22H24ClN3O5S/c1-3-11-24-21(28)15(2)25(13-16-7-6-8-17(23)12-16)20(27)14-26-22(29)18-9-4-5-10-19(18)32(26,30)31/h4-10,12,15H,3,11,13-14H2,1-2H3,(H,24,28)/t15-/m1/s1. The number of hydrogen-bond acceptors (Lipinski definition) is 5. The number of rotatable bonds is 8. The van der Waals surface area contributed by atoms with Crippen LogP contribution in [0.3, 0.4) is 0 Å². The minimum absolute atomic E-state index is 0.0229. The van der Waals surface area contributed by atoms with Gasteiger partial charge in [-0.25, -0.2) is 12.7 Å². The zero-order valence-electron chi connectivity index (χ0n) is 17.7. The molecule has 2 aromatic rings. The molecule has 0 aromatic heterocycles. The van der Waals surface area contributed by atoms with Gasteiger partial charge in [0.1, 0.15) is 17.5 Å². The third-order valence-corrected chi connectivity index (χ3v) is 7.17. The van der Waals surface area contributed by atoms with Gasteiger partial charge in [-0.3, -0.25) is 14.4 Å². The van der Waals surface area contributed by atoms with E-state index in [9.17, 15) is 22.8 Å². The van der Waals surface area contributed by atoms with Gasteiger partial charge in [0.25, 0.3) is 15.9 Å². The number of halogens is 1. The molecular weight excluding hydrogens is 454 g/mol. The molecule has 32 heavy (non-hydrogen) atoms. The summed E-state index contributed by atoms with van der Waals surface area (Å²) in [6.07, 6.45) is 0.722. The molecule has 0 saturated carbocycles. The summed E-state index contributed by atoms with van der Waals surface area (Å²) in [7, 11) is -4.15.